The molecular formula is C34H30N4O4. The quantitative estimate of drug-likeness (QED) is 0.0815. The molecule has 4 rings (SSSR count). The van der Waals surface area contributed by atoms with Gasteiger partial charge in [-0.3, -0.25) is 14.4 Å². The molecule has 0 aromatic heterocycles. The topological polar surface area (TPSA) is 120 Å². The molecule has 1 unspecified atom stereocenters. The molecule has 0 fully saturated rings. The van der Waals surface area contributed by atoms with Crippen LogP contribution in [0.25, 0.3) is 0 Å². The standard InChI is InChI=1S/C34H30N4O4/c1-3-4-8-23(2)31(39)35-27-15-17-29(18-16-27)37-33(41)25-11-13-26(14-12-25)34(42)38-30-21-19-28(20-22-30)36-32(40)24-9-6-5-7-10-24/h3-22,32,36,40H,1-2H2,(H,35,39)(H,37,41)(H,38,42). The number of carbonyl (C=O) groups excluding carboxylic acids is 3. The lowest BCUT2D eigenvalue weighted by atomic mass is 10.1. The summed E-state index contributed by atoms with van der Waals surface area (Å²) < 4.78 is 0. The van der Waals surface area contributed by atoms with Crippen LogP contribution in [0.3, 0.4) is 0 Å². The Labute approximate surface area is 244 Å². The molecule has 42 heavy (non-hydrogen) atoms. The van der Waals surface area contributed by atoms with Crippen molar-refractivity contribution in [2.45, 2.75) is 6.23 Å². The Morgan fingerprint density at radius 3 is 1.57 bits per heavy atom. The van der Waals surface area contributed by atoms with E-state index in [4.69, 9.17) is 0 Å². The molecule has 4 aromatic rings. The fourth-order valence-corrected chi connectivity index (χ4v) is 3.81. The molecule has 0 aliphatic rings. The third kappa shape index (κ3) is 8.14. The van der Waals surface area contributed by atoms with Crippen LogP contribution in [0.5, 0.6) is 0 Å². The molecule has 0 bridgehead atoms. The molecular weight excluding hydrogens is 528 g/mol. The maximum absolute atomic E-state index is 12.7. The van der Waals surface area contributed by atoms with Crippen molar-refractivity contribution in [1.29, 1.82) is 0 Å². The van der Waals surface area contributed by atoms with Crippen molar-refractivity contribution in [2.24, 2.45) is 0 Å². The molecule has 0 saturated heterocycles. The van der Waals surface area contributed by atoms with Crippen molar-refractivity contribution >= 4 is 40.5 Å². The molecule has 4 aromatic carbocycles. The van der Waals surface area contributed by atoms with Crippen molar-refractivity contribution < 1.29 is 19.5 Å². The Hall–Kier alpha value is -5.73. The highest BCUT2D eigenvalue weighted by atomic mass is 16.3. The molecule has 3 amide bonds. The maximum Gasteiger partial charge on any atom is 0.255 e. The van der Waals surface area contributed by atoms with Crippen LogP contribution in [0.2, 0.25) is 0 Å². The van der Waals surface area contributed by atoms with E-state index in [0.717, 1.165) is 5.56 Å². The lowest BCUT2D eigenvalue weighted by molar-refractivity contribution is -0.112. The highest BCUT2D eigenvalue weighted by molar-refractivity contribution is 6.08. The summed E-state index contributed by atoms with van der Waals surface area (Å²) in [7, 11) is 0. The van der Waals surface area contributed by atoms with E-state index < -0.39 is 6.23 Å². The van der Waals surface area contributed by atoms with Gasteiger partial charge in [-0.25, -0.2) is 0 Å². The average Bonchev–Trinajstić information content (AvgIpc) is 3.02. The molecule has 0 spiro atoms. The zero-order valence-electron chi connectivity index (χ0n) is 22.7. The number of nitrogens with one attached hydrogen (secondary N) is 4. The summed E-state index contributed by atoms with van der Waals surface area (Å²) in [5.74, 6) is -1.02. The first-order chi connectivity index (χ1) is 20.3. The summed E-state index contributed by atoms with van der Waals surface area (Å²) in [4.78, 5) is 37.6. The number of carbonyl (C=O) groups is 3. The van der Waals surface area contributed by atoms with Crippen molar-refractivity contribution in [2.75, 3.05) is 21.3 Å². The number of amides is 3. The lowest BCUT2D eigenvalue weighted by Crippen LogP contribution is -2.15. The third-order valence-corrected chi connectivity index (χ3v) is 6.10. The van der Waals surface area contributed by atoms with E-state index in [2.05, 4.69) is 34.4 Å². The fraction of sp³-hybridized carbons (Fsp3) is 0.0294. The summed E-state index contributed by atoms with van der Waals surface area (Å²) in [6.45, 7) is 7.25. The first kappa shape index (κ1) is 29.3. The van der Waals surface area contributed by atoms with Crippen LogP contribution < -0.4 is 21.3 Å². The number of aliphatic hydroxyl groups excluding tert-OH is 1. The zero-order chi connectivity index (χ0) is 29.9. The van der Waals surface area contributed by atoms with Gasteiger partial charge in [0.15, 0.2) is 6.23 Å². The van der Waals surface area contributed by atoms with E-state index in [0.29, 0.717) is 33.9 Å². The van der Waals surface area contributed by atoms with Gasteiger partial charge in [-0.1, -0.05) is 61.7 Å². The molecule has 8 nitrogen and oxygen atoms in total. The number of benzene rings is 4. The molecule has 0 saturated carbocycles. The smallest absolute Gasteiger partial charge is 0.255 e. The van der Waals surface area contributed by atoms with Gasteiger partial charge in [0.05, 0.1) is 0 Å². The molecule has 210 valence electrons. The Kier molecular flexibility index (Phi) is 9.80. The predicted octanol–water partition coefficient (Wildman–Crippen LogP) is 6.53. The van der Waals surface area contributed by atoms with Crippen LogP contribution in [0.4, 0.5) is 22.7 Å². The van der Waals surface area contributed by atoms with Crippen molar-refractivity contribution in [3.8, 4) is 0 Å². The van der Waals surface area contributed by atoms with Crippen LogP contribution >= 0.6 is 0 Å². The third-order valence-electron chi connectivity index (χ3n) is 6.10. The summed E-state index contributed by atoms with van der Waals surface area (Å²) in [6, 6.07) is 29.2. The van der Waals surface area contributed by atoms with Crippen molar-refractivity contribution in [3.05, 3.63) is 157 Å². The molecule has 0 aliphatic carbocycles. The van der Waals surface area contributed by atoms with Crippen LogP contribution in [0.15, 0.2) is 140 Å². The lowest BCUT2D eigenvalue weighted by Gasteiger charge is -2.15. The number of hydrogen-bond donors (Lipinski definition) is 5. The minimum Gasteiger partial charge on any atom is -0.369 e. The van der Waals surface area contributed by atoms with E-state index in [1.54, 1.807) is 91.0 Å². The first-order valence-electron chi connectivity index (χ1n) is 13.0. The number of aliphatic hydroxyl groups is 1. The van der Waals surface area contributed by atoms with Gasteiger partial charge < -0.3 is 26.4 Å². The predicted molar refractivity (Wildman–Crippen MR) is 167 cm³/mol. The van der Waals surface area contributed by atoms with Crippen LogP contribution in [0.1, 0.15) is 32.5 Å². The Balaban J connectivity index is 1.28. The number of anilines is 4. The average molecular weight is 559 g/mol. The minimum absolute atomic E-state index is 0.287. The zero-order valence-corrected chi connectivity index (χ0v) is 22.7. The van der Waals surface area contributed by atoms with Gasteiger partial charge in [-0.15, -0.1) is 0 Å². The molecule has 5 N–H and O–H groups in total. The monoisotopic (exact) mass is 558 g/mol. The highest BCUT2D eigenvalue weighted by Crippen LogP contribution is 2.20. The highest BCUT2D eigenvalue weighted by Gasteiger charge is 2.11. The maximum atomic E-state index is 12.7. The van der Waals surface area contributed by atoms with Gasteiger partial charge in [-0.05, 0) is 72.8 Å². The van der Waals surface area contributed by atoms with Gasteiger partial charge >= 0.3 is 0 Å². The Bertz CT molecular complexity index is 1590. The first-order valence-corrected chi connectivity index (χ1v) is 13.0. The molecule has 0 heterocycles. The minimum atomic E-state index is -0.856. The van der Waals surface area contributed by atoms with Gasteiger partial charge in [0, 0.05) is 45.0 Å². The summed E-state index contributed by atoms with van der Waals surface area (Å²) >= 11 is 0. The molecule has 1 atom stereocenters. The van der Waals surface area contributed by atoms with Crippen LogP contribution in [-0.4, -0.2) is 22.8 Å². The van der Waals surface area contributed by atoms with Crippen LogP contribution in [0, 0.1) is 0 Å². The Morgan fingerprint density at radius 2 is 1.10 bits per heavy atom. The van der Waals surface area contributed by atoms with E-state index in [9.17, 15) is 19.5 Å². The second-order valence-electron chi connectivity index (χ2n) is 9.17. The summed E-state index contributed by atoms with van der Waals surface area (Å²) in [5, 5.41) is 21.7. The van der Waals surface area contributed by atoms with E-state index in [1.165, 1.54) is 0 Å². The normalized spacial score (nSPS) is 11.3. The van der Waals surface area contributed by atoms with Crippen molar-refractivity contribution in [1.82, 2.24) is 0 Å². The number of hydrogen-bond acceptors (Lipinski definition) is 5. The second-order valence-corrected chi connectivity index (χ2v) is 9.17. The summed E-state index contributed by atoms with van der Waals surface area (Å²) in [6.07, 6.45) is 3.88. The largest absolute Gasteiger partial charge is 0.369 e. The van der Waals surface area contributed by atoms with E-state index >= 15 is 0 Å². The SMILES string of the molecule is C=CC=CC(=C)C(=O)Nc1ccc(NC(=O)c2ccc(C(=O)Nc3ccc(NC(O)c4ccccc4)cc3)cc2)cc1. The number of allylic oxidation sites excluding steroid dienone is 2. The summed E-state index contributed by atoms with van der Waals surface area (Å²) in [5.41, 5.74) is 4.16. The molecule has 0 radical (unpaired) electrons. The van der Waals surface area contributed by atoms with E-state index in [1.807, 2.05) is 30.3 Å². The fourth-order valence-electron chi connectivity index (χ4n) is 3.81. The molecule has 8 heteroatoms. The molecule has 0 aliphatic heterocycles. The Morgan fingerprint density at radius 1 is 0.643 bits per heavy atom. The second kappa shape index (κ2) is 14.1. The van der Waals surface area contributed by atoms with Crippen LogP contribution in [-0.2, 0) is 4.79 Å². The van der Waals surface area contributed by atoms with Gasteiger partial charge in [0.25, 0.3) is 17.7 Å². The number of rotatable bonds is 11. The van der Waals surface area contributed by atoms with Gasteiger partial charge in [0.1, 0.15) is 0 Å². The van der Waals surface area contributed by atoms with E-state index in [-0.39, 0.29) is 23.3 Å². The van der Waals surface area contributed by atoms with Gasteiger partial charge in [0.2, 0.25) is 0 Å². The van der Waals surface area contributed by atoms with Gasteiger partial charge in [-0.2, -0.15) is 0 Å². The van der Waals surface area contributed by atoms with Crippen molar-refractivity contribution in [3.63, 3.8) is 0 Å².